The fourth-order valence-corrected chi connectivity index (χ4v) is 2.88. The molecule has 0 saturated carbocycles. The molecule has 5 nitrogen and oxygen atoms in total. The molecule has 2 rings (SSSR count). The molecule has 0 unspecified atom stereocenters. The normalized spacial score (nSPS) is 10.2. The SMILES string of the molecule is O=C(Nc1ccc(Br)cc1Cl)c1cc([N+](=O)[O-])ccc1I. The molecule has 1 N–H and O–H groups in total. The number of benzene rings is 2. The van der Waals surface area contributed by atoms with Gasteiger partial charge in [-0.15, -0.1) is 0 Å². The van der Waals surface area contributed by atoms with Gasteiger partial charge in [0, 0.05) is 20.2 Å². The molecule has 0 heterocycles. The summed E-state index contributed by atoms with van der Waals surface area (Å²) in [4.78, 5) is 22.5. The lowest BCUT2D eigenvalue weighted by Gasteiger charge is -2.09. The summed E-state index contributed by atoms with van der Waals surface area (Å²) in [5.41, 5.74) is 0.526. The Morgan fingerprint density at radius 1 is 1.29 bits per heavy atom. The summed E-state index contributed by atoms with van der Waals surface area (Å²) in [6.07, 6.45) is 0. The summed E-state index contributed by atoms with van der Waals surface area (Å²) in [5.74, 6) is -0.452. The number of nitrogens with one attached hydrogen (secondary N) is 1. The summed E-state index contributed by atoms with van der Waals surface area (Å²) in [7, 11) is 0. The van der Waals surface area contributed by atoms with E-state index in [1.807, 2.05) is 22.6 Å². The summed E-state index contributed by atoms with van der Waals surface area (Å²) < 4.78 is 1.40. The third-order valence-electron chi connectivity index (χ3n) is 2.58. The lowest BCUT2D eigenvalue weighted by Crippen LogP contribution is -2.14. The van der Waals surface area contributed by atoms with E-state index in [0.717, 1.165) is 4.47 Å². The lowest BCUT2D eigenvalue weighted by molar-refractivity contribution is -0.384. The molecule has 0 bridgehead atoms. The highest BCUT2D eigenvalue weighted by Crippen LogP contribution is 2.27. The Labute approximate surface area is 147 Å². The van der Waals surface area contributed by atoms with Crippen molar-refractivity contribution in [2.24, 2.45) is 0 Å². The van der Waals surface area contributed by atoms with Crippen LogP contribution in [0.2, 0.25) is 5.02 Å². The minimum Gasteiger partial charge on any atom is -0.321 e. The van der Waals surface area contributed by atoms with Crippen molar-refractivity contribution < 1.29 is 9.72 Å². The third-order valence-corrected chi connectivity index (χ3v) is 4.33. The molecule has 2 aromatic carbocycles. The largest absolute Gasteiger partial charge is 0.321 e. The van der Waals surface area contributed by atoms with Gasteiger partial charge in [-0.05, 0) is 46.9 Å². The van der Waals surface area contributed by atoms with Crippen molar-refractivity contribution in [1.29, 1.82) is 0 Å². The Hall–Kier alpha value is -1.19. The van der Waals surface area contributed by atoms with Crippen LogP contribution in [0.3, 0.4) is 0 Å². The Kier molecular flexibility index (Phi) is 5.17. The molecule has 0 saturated heterocycles. The molecule has 0 atom stereocenters. The predicted octanol–water partition coefficient (Wildman–Crippen LogP) is 4.87. The van der Waals surface area contributed by atoms with Crippen molar-refractivity contribution >= 4 is 67.4 Å². The first-order chi connectivity index (χ1) is 9.88. The molecule has 108 valence electrons. The molecule has 0 aromatic heterocycles. The maximum absolute atomic E-state index is 12.2. The van der Waals surface area contributed by atoms with E-state index in [1.165, 1.54) is 18.2 Å². The van der Waals surface area contributed by atoms with Gasteiger partial charge in [-0.1, -0.05) is 27.5 Å². The summed E-state index contributed by atoms with van der Waals surface area (Å²) >= 11 is 11.2. The number of hydrogen-bond acceptors (Lipinski definition) is 3. The number of halogens is 3. The first-order valence-electron chi connectivity index (χ1n) is 5.59. The fourth-order valence-electron chi connectivity index (χ4n) is 1.58. The highest BCUT2D eigenvalue weighted by atomic mass is 127. The van der Waals surface area contributed by atoms with Gasteiger partial charge in [0.25, 0.3) is 11.6 Å². The van der Waals surface area contributed by atoms with Crippen LogP contribution in [0.4, 0.5) is 11.4 Å². The van der Waals surface area contributed by atoms with Crippen LogP contribution in [0, 0.1) is 13.7 Å². The van der Waals surface area contributed by atoms with Crippen LogP contribution in [0.15, 0.2) is 40.9 Å². The Morgan fingerprint density at radius 3 is 2.62 bits per heavy atom. The van der Waals surface area contributed by atoms with Gasteiger partial charge in [0.15, 0.2) is 0 Å². The summed E-state index contributed by atoms with van der Waals surface area (Å²) in [6, 6.07) is 9.15. The van der Waals surface area contributed by atoms with Crippen LogP contribution in [-0.4, -0.2) is 10.8 Å². The van der Waals surface area contributed by atoms with Gasteiger partial charge in [0.2, 0.25) is 0 Å². The number of carbonyl (C=O) groups is 1. The van der Waals surface area contributed by atoms with E-state index >= 15 is 0 Å². The number of carbonyl (C=O) groups excluding carboxylic acids is 1. The Balaban J connectivity index is 2.32. The number of nitro groups is 1. The molecular weight excluding hydrogens is 474 g/mol. The van der Waals surface area contributed by atoms with Gasteiger partial charge in [-0.25, -0.2) is 0 Å². The molecule has 0 fully saturated rings. The standard InChI is InChI=1S/C13H7BrClIN2O3/c14-7-1-4-12(10(15)5-7)17-13(19)9-6-8(18(20)21)2-3-11(9)16/h1-6H,(H,17,19). The Bertz CT molecular complexity index is 739. The predicted molar refractivity (Wildman–Crippen MR) is 92.9 cm³/mol. The second kappa shape index (κ2) is 6.71. The van der Waals surface area contributed by atoms with Crippen molar-refractivity contribution in [1.82, 2.24) is 0 Å². The molecule has 1 amide bonds. The zero-order chi connectivity index (χ0) is 15.6. The molecule has 0 aliphatic rings. The molecule has 21 heavy (non-hydrogen) atoms. The molecule has 0 aliphatic heterocycles. The summed E-state index contributed by atoms with van der Waals surface area (Å²) in [5, 5.41) is 13.8. The third kappa shape index (κ3) is 3.92. The average Bonchev–Trinajstić information content (AvgIpc) is 2.42. The molecule has 0 spiro atoms. The molecule has 0 aliphatic carbocycles. The number of nitrogens with zero attached hydrogens (tertiary/aromatic N) is 1. The number of non-ortho nitro benzene ring substituents is 1. The van der Waals surface area contributed by atoms with E-state index in [2.05, 4.69) is 21.2 Å². The smallest absolute Gasteiger partial charge is 0.270 e. The highest BCUT2D eigenvalue weighted by Gasteiger charge is 2.16. The van der Waals surface area contributed by atoms with Crippen molar-refractivity contribution in [3.8, 4) is 0 Å². The van der Waals surface area contributed by atoms with E-state index < -0.39 is 10.8 Å². The van der Waals surface area contributed by atoms with Crippen LogP contribution in [0.1, 0.15) is 10.4 Å². The van der Waals surface area contributed by atoms with Gasteiger partial charge >= 0.3 is 0 Å². The van der Waals surface area contributed by atoms with Crippen molar-refractivity contribution in [2.75, 3.05) is 5.32 Å². The van der Waals surface area contributed by atoms with Gasteiger partial charge in [0.05, 0.1) is 21.2 Å². The van der Waals surface area contributed by atoms with Crippen LogP contribution in [0.5, 0.6) is 0 Å². The van der Waals surface area contributed by atoms with Crippen LogP contribution < -0.4 is 5.32 Å². The maximum atomic E-state index is 12.2. The maximum Gasteiger partial charge on any atom is 0.270 e. The van der Waals surface area contributed by atoms with Gasteiger partial charge in [0.1, 0.15) is 0 Å². The molecule has 0 radical (unpaired) electrons. The minimum absolute atomic E-state index is 0.137. The number of nitro benzene ring substituents is 1. The summed E-state index contributed by atoms with van der Waals surface area (Å²) in [6.45, 7) is 0. The van der Waals surface area contributed by atoms with E-state index in [1.54, 1.807) is 18.2 Å². The van der Waals surface area contributed by atoms with Crippen molar-refractivity contribution in [3.63, 3.8) is 0 Å². The van der Waals surface area contributed by atoms with Crippen molar-refractivity contribution in [2.45, 2.75) is 0 Å². The molecule has 2 aromatic rings. The second-order valence-electron chi connectivity index (χ2n) is 4.00. The van der Waals surface area contributed by atoms with E-state index in [4.69, 9.17) is 11.6 Å². The molecule has 8 heteroatoms. The van der Waals surface area contributed by atoms with E-state index in [9.17, 15) is 14.9 Å². The first kappa shape index (κ1) is 16.2. The number of amides is 1. The van der Waals surface area contributed by atoms with E-state index in [-0.39, 0.29) is 11.3 Å². The number of anilines is 1. The van der Waals surface area contributed by atoms with Crippen LogP contribution >= 0.6 is 50.1 Å². The molecular formula is C13H7BrClIN2O3. The Morgan fingerprint density at radius 2 is 2.00 bits per heavy atom. The highest BCUT2D eigenvalue weighted by molar-refractivity contribution is 14.1. The van der Waals surface area contributed by atoms with Crippen LogP contribution in [0.25, 0.3) is 0 Å². The number of hydrogen-bond donors (Lipinski definition) is 1. The van der Waals surface area contributed by atoms with Gasteiger partial charge < -0.3 is 5.32 Å². The van der Waals surface area contributed by atoms with Crippen molar-refractivity contribution in [3.05, 3.63) is 65.1 Å². The monoisotopic (exact) mass is 480 g/mol. The quantitative estimate of drug-likeness (QED) is 0.386. The minimum atomic E-state index is -0.542. The zero-order valence-electron chi connectivity index (χ0n) is 10.3. The lowest BCUT2D eigenvalue weighted by atomic mass is 10.2. The fraction of sp³-hybridized carbons (Fsp3) is 0. The second-order valence-corrected chi connectivity index (χ2v) is 6.48. The topological polar surface area (TPSA) is 72.2 Å². The van der Waals surface area contributed by atoms with Gasteiger partial charge in [-0.3, -0.25) is 14.9 Å². The van der Waals surface area contributed by atoms with Crippen LogP contribution in [-0.2, 0) is 0 Å². The first-order valence-corrected chi connectivity index (χ1v) is 7.84. The van der Waals surface area contributed by atoms with E-state index in [0.29, 0.717) is 14.3 Å². The zero-order valence-corrected chi connectivity index (χ0v) is 14.8. The van der Waals surface area contributed by atoms with Gasteiger partial charge in [-0.2, -0.15) is 0 Å². The average molecular weight is 481 g/mol. The number of rotatable bonds is 3.